The summed E-state index contributed by atoms with van der Waals surface area (Å²) in [4.78, 5) is 56.4. The molecule has 3 amide bonds. The Kier molecular flexibility index (Phi) is 12.4. The highest BCUT2D eigenvalue weighted by Gasteiger charge is 2.28. The molecule has 2 aromatic heterocycles. The van der Waals surface area contributed by atoms with Gasteiger partial charge < -0.3 is 34.1 Å². The Bertz CT molecular complexity index is 1630. The number of amides is 3. The number of hydrogen-bond donors (Lipinski definition) is 2. The molecule has 12 nitrogen and oxygen atoms in total. The molecule has 0 spiro atoms. The molecule has 0 bridgehead atoms. The molecule has 0 unspecified atom stereocenters. The standard InChI is InChI=1S/C30H36F4N6O6/c1-38(2)25(41)10-6-5-8-21(36-29(44)46-15-14-45-4)27(42)35-22-9-7-13-40(28(22)43)18-24-37-26-19(11-12-30(32,33)34)16-20(31)17-23(26)39(24)3/h6-7,9-10,13,16-17,21H,5,8,11-12,14-15,18H2,1-4H3,(H,35,42)(H,36,44)/b10-6+/t21-/m0/s1. The number of imidazole rings is 1. The summed E-state index contributed by atoms with van der Waals surface area (Å²) in [6.45, 7) is -0.0686. The zero-order valence-corrected chi connectivity index (χ0v) is 25.8. The highest BCUT2D eigenvalue weighted by Crippen LogP contribution is 2.27. The van der Waals surface area contributed by atoms with E-state index in [0.29, 0.717) is 0 Å². The third-order valence-electron chi connectivity index (χ3n) is 6.84. The number of pyridine rings is 1. The fourth-order valence-electron chi connectivity index (χ4n) is 4.37. The summed E-state index contributed by atoms with van der Waals surface area (Å²) in [5.41, 5.74) is -0.223. The number of rotatable bonds is 14. The number of aromatic nitrogens is 3. The second-order valence-corrected chi connectivity index (χ2v) is 10.5. The summed E-state index contributed by atoms with van der Waals surface area (Å²) >= 11 is 0. The number of fused-ring (bicyclic) bond motifs is 1. The van der Waals surface area contributed by atoms with E-state index in [2.05, 4.69) is 15.6 Å². The van der Waals surface area contributed by atoms with Crippen LogP contribution in [0.4, 0.5) is 28.0 Å². The van der Waals surface area contributed by atoms with Crippen LogP contribution in [0.5, 0.6) is 0 Å². The van der Waals surface area contributed by atoms with Crippen LogP contribution >= 0.6 is 0 Å². The van der Waals surface area contributed by atoms with E-state index in [1.165, 1.54) is 45.5 Å². The topological polar surface area (TPSA) is 137 Å². The van der Waals surface area contributed by atoms with Crippen molar-refractivity contribution in [3.63, 3.8) is 0 Å². The van der Waals surface area contributed by atoms with E-state index >= 15 is 0 Å². The monoisotopic (exact) mass is 652 g/mol. The first-order valence-electron chi connectivity index (χ1n) is 14.2. The van der Waals surface area contributed by atoms with Crippen molar-refractivity contribution < 1.29 is 41.4 Å². The van der Waals surface area contributed by atoms with Crippen molar-refractivity contribution in [3.8, 4) is 0 Å². The fourth-order valence-corrected chi connectivity index (χ4v) is 4.37. The molecule has 0 saturated carbocycles. The number of allylic oxidation sites excluding steroid dienone is 1. The van der Waals surface area contributed by atoms with Crippen LogP contribution in [0.25, 0.3) is 11.0 Å². The Hall–Kier alpha value is -4.73. The van der Waals surface area contributed by atoms with Gasteiger partial charge in [-0.05, 0) is 55.2 Å². The van der Waals surface area contributed by atoms with Crippen LogP contribution in [0.3, 0.4) is 0 Å². The van der Waals surface area contributed by atoms with Gasteiger partial charge in [-0.15, -0.1) is 0 Å². The van der Waals surface area contributed by atoms with Gasteiger partial charge in [-0.2, -0.15) is 13.2 Å². The van der Waals surface area contributed by atoms with Crippen LogP contribution in [0.2, 0.25) is 0 Å². The number of benzene rings is 1. The van der Waals surface area contributed by atoms with Crippen molar-refractivity contribution in [3.05, 3.63) is 70.2 Å². The molecule has 0 radical (unpaired) electrons. The van der Waals surface area contributed by atoms with Crippen molar-refractivity contribution in [2.75, 3.05) is 39.7 Å². The average molecular weight is 653 g/mol. The number of likely N-dealkylation sites (N-methyl/N-ethyl adjacent to an activating group) is 1. The quantitative estimate of drug-likeness (QED) is 0.155. The number of methoxy groups -OCH3 is 1. The van der Waals surface area contributed by atoms with Gasteiger partial charge in [0.1, 0.15) is 30.0 Å². The van der Waals surface area contributed by atoms with Crippen LogP contribution in [-0.2, 0) is 39.1 Å². The highest BCUT2D eigenvalue weighted by molar-refractivity contribution is 5.96. The molecule has 2 N–H and O–H groups in total. The maximum atomic E-state index is 14.3. The predicted octanol–water partition coefficient (Wildman–Crippen LogP) is 3.52. The Morgan fingerprint density at radius 3 is 2.59 bits per heavy atom. The summed E-state index contributed by atoms with van der Waals surface area (Å²) in [5.74, 6) is -1.44. The SMILES string of the molecule is COCCOC(=O)N[C@@H](CC/C=C/C(=O)N(C)C)C(=O)Nc1cccn(Cc2nc3c(CCC(F)(F)F)cc(F)cc3n2C)c1=O. The lowest BCUT2D eigenvalue weighted by Gasteiger charge is -2.18. The van der Waals surface area contributed by atoms with E-state index in [-0.39, 0.29) is 66.6 Å². The Morgan fingerprint density at radius 1 is 1.17 bits per heavy atom. The van der Waals surface area contributed by atoms with Gasteiger partial charge in [-0.1, -0.05) is 6.08 Å². The van der Waals surface area contributed by atoms with Gasteiger partial charge in [0.05, 0.1) is 24.2 Å². The van der Waals surface area contributed by atoms with Gasteiger partial charge in [0, 0.05) is 40.9 Å². The maximum Gasteiger partial charge on any atom is 0.407 e. The first-order valence-corrected chi connectivity index (χ1v) is 14.2. The molecule has 16 heteroatoms. The Morgan fingerprint density at radius 2 is 1.91 bits per heavy atom. The average Bonchev–Trinajstić information content (AvgIpc) is 3.29. The number of nitrogens with zero attached hydrogens (tertiary/aromatic N) is 4. The lowest BCUT2D eigenvalue weighted by molar-refractivity contribution is -0.134. The van der Waals surface area contributed by atoms with Crippen molar-refractivity contribution in [2.24, 2.45) is 7.05 Å². The van der Waals surface area contributed by atoms with Gasteiger partial charge in [-0.25, -0.2) is 14.2 Å². The third kappa shape index (κ3) is 10.2. The smallest absolute Gasteiger partial charge is 0.407 e. The number of carbonyl (C=O) groups excluding carboxylic acids is 3. The normalized spacial score (nSPS) is 12.3. The minimum absolute atomic E-state index is 0.0596. The first-order chi connectivity index (χ1) is 21.7. The van der Waals surface area contributed by atoms with Crippen molar-refractivity contribution in [1.29, 1.82) is 0 Å². The number of carbonyl (C=O) groups is 3. The van der Waals surface area contributed by atoms with Gasteiger partial charge in [-0.3, -0.25) is 14.4 Å². The van der Waals surface area contributed by atoms with Crippen LogP contribution in [0.1, 0.15) is 30.7 Å². The van der Waals surface area contributed by atoms with Gasteiger partial charge in [0.25, 0.3) is 5.56 Å². The summed E-state index contributed by atoms with van der Waals surface area (Å²) in [6.07, 6.45) is -2.33. The van der Waals surface area contributed by atoms with Crippen molar-refractivity contribution in [1.82, 2.24) is 24.3 Å². The van der Waals surface area contributed by atoms with Gasteiger partial charge in [0.2, 0.25) is 11.8 Å². The van der Waals surface area contributed by atoms with Crippen LogP contribution in [0.15, 0.2) is 47.4 Å². The van der Waals surface area contributed by atoms with Crippen molar-refractivity contribution >= 4 is 34.6 Å². The summed E-state index contributed by atoms with van der Waals surface area (Å²) in [5, 5.41) is 4.97. The molecule has 46 heavy (non-hydrogen) atoms. The van der Waals surface area contributed by atoms with Crippen molar-refractivity contribution in [2.45, 2.75) is 44.4 Å². The van der Waals surface area contributed by atoms with Gasteiger partial charge >= 0.3 is 12.3 Å². The number of alkyl carbamates (subject to hydrolysis) is 1. The molecular weight excluding hydrogens is 616 g/mol. The minimum atomic E-state index is -4.44. The Labute approximate surface area is 262 Å². The van der Waals surface area contributed by atoms with E-state index in [0.717, 1.165) is 12.1 Å². The Balaban J connectivity index is 1.82. The van der Waals surface area contributed by atoms with E-state index in [1.807, 2.05) is 0 Å². The number of halogens is 4. The molecular formula is C30H36F4N6O6. The molecule has 0 fully saturated rings. The van der Waals surface area contributed by atoms with E-state index in [1.54, 1.807) is 27.2 Å². The molecule has 1 atom stereocenters. The minimum Gasteiger partial charge on any atom is -0.447 e. The van der Waals surface area contributed by atoms with E-state index < -0.39 is 48.4 Å². The lowest BCUT2D eigenvalue weighted by atomic mass is 10.1. The maximum absolute atomic E-state index is 14.3. The molecule has 0 aliphatic rings. The number of aryl methyl sites for hydroxylation is 2. The predicted molar refractivity (Wildman–Crippen MR) is 161 cm³/mol. The molecule has 250 valence electrons. The molecule has 1 aromatic carbocycles. The number of hydrogen-bond acceptors (Lipinski definition) is 7. The highest BCUT2D eigenvalue weighted by atomic mass is 19.4. The fraction of sp³-hybridized carbons (Fsp3) is 0.433. The molecule has 2 heterocycles. The second kappa shape index (κ2) is 16.0. The zero-order chi connectivity index (χ0) is 34.0. The van der Waals surface area contributed by atoms with E-state index in [4.69, 9.17) is 9.47 Å². The zero-order valence-electron chi connectivity index (χ0n) is 25.8. The lowest BCUT2D eigenvalue weighted by Crippen LogP contribution is -2.45. The molecule has 0 saturated heterocycles. The van der Waals surface area contributed by atoms with E-state index in [9.17, 15) is 36.7 Å². The third-order valence-corrected chi connectivity index (χ3v) is 6.84. The summed E-state index contributed by atoms with van der Waals surface area (Å²) in [7, 11) is 6.15. The summed E-state index contributed by atoms with van der Waals surface area (Å²) < 4.78 is 65.4. The van der Waals surface area contributed by atoms with Crippen LogP contribution in [-0.4, -0.2) is 83.6 Å². The largest absolute Gasteiger partial charge is 0.447 e. The molecule has 3 aromatic rings. The molecule has 0 aliphatic carbocycles. The van der Waals surface area contributed by atoms with Crippen LogP contribution < -0.4 is 16.2 Å². The number of anilines is 1. The second-order valence-electron chi connectivity index (χ2n) is 10.5. The molecule has 3 rings (SSSR count). The first kappa shape index (κ1) is 35.7. The number of nitrogens with one attached hydrogen (secondary N) is 2. The van der Waals surface area contributed by atoms with Gasteiger partial charge in [0.15, 0.2) is 0 Å². The number of alkyl halides is 3. The summed E-state index contributed by atoms with van der Waals surface area (Å²) in [6, 6.07) is 3.87. The molecule has 0 aliphatic heterocycles. The number of ether oxygens (including phenoxy) is 2. The van der Waals surface area contributed by atoms with Crippen LogP contribution in [0, 0.1) is 5.82 Å².